The number of benzene rings is 1. The summed E-state index contributed by atoms with van der Waals surface area (Å²) in [6.45, 7) is 1.02. The van der Waals surface area contributed by atoms with Crippen LogP contribution in [0, 0.1) is 5.92 Å². The first-order valence-corrected chi connectivity index (χ1v) is 7.86. The molecular weight excluding hydrogens is 308 g/mol. The van der Waals surface area contributed by atoms with E-state index < -0.39 is 0 Å². The lowest BCUT2D eigenvalue weighted by atomic mass is 10.1. The number of aromatic nitrogens is 2. The van der Waals surface area contributed by atoms with Crippen LogP contribution in [0.1, 0.15) is 12.0 Å². The van der Waals surface area contributed by atoms with E-state index in [0.29, 0.717) is 25.2 Å². The first-order chi connectivity index (χ1) is 11.7. The maximum absolute atomic E-state index is 12.2. The SMILES string of the molecule is COc1ccccc1CCN1C[C@H](C(=O)Nc2cn[nH]c2)CC1=O. The van der Waals surface area contributed by atoms with Gasteiger partial charge in [0.25, 0.3) is 0 Å². The minimum Gasteiger partial charge on any atom is -0.496 e. The minimum atomic E-state index is -0.329. The highest BCUT2D eigenvalue weighted by Gasteiger charge is 2.34. The van der Waals surface area contributed by atoms with Gasteiger partial charge < -0.3 is 15.0 Å². The van der Waals surface area contributed by atoms with Crippen LogP contribution in [0.5, 0.6) is 5.75 Å². The molecule has 1 aliphatic rings. The number of nitrogens with one attached hydrogen (secondary N) is 2. The van der Waals surface area contributed by atoms with Crippen LogP contribution in [0.3, 0.4) is 0 Å². The summed E-state index contributed by atoms with van der Waals surface area (Å²) in [5, 5.41) is 9.19. The molecule has 0 saturated carbocycles. The van der Waals surface area contributed by atoms with Crippen molar-refractivity contribution in [3.63, 3.8) is 0 Å². The number of rotatable bonds is 6. The first-order valence-electron chi connectivity index (χ1n) is 7.86. The van der Waals surface area contributed by atoms with Crippen LogP contribution < -0.4 is 10.1 Å². The molecule has 7 heteroatoms. The number of likely N-dealkylation sites (tertiary alicyclic amines) is 1. The Labute approximate surface area is 140 Å². The molecule has 1 aromatic heterocycles. The van der Waals surface area contributed by atoms with Crippen molar-refractivity contribution < 1.29 is 14.3 Å². The van der Waals surface area contributed by atoms with Crippen LogP contribution in [0.4, 0.5) is 5.69 Å². The molecule has 1 aliphatic heterocycles. The van der Waals surface area contributed by atoms with Crippen molar-refractivity contribution in [3.8, 4) is 5.75 Å². The minimum absolute atomic E-state index is 0.0113. The van der Waals surface area contributed by atoms with E-state index in [9.17, 15) is 9.59 Å². The Bertz CT molecular complexity index is 714. The summed E-state index contributed by atoms with van der Waals surface area (Å²) in [4.78, 5) is 26.1. The molecule has 7 nitrogen and oxygen atoms in total. The standard InChI is InChI=1S/C17H20N4O3/c1-24-15-5-3-2-4-12(15)6-7-21-11-13(8-16(21)22)17(23)20-14-9-18-19-10-14/h2-5,9-10,13H,6-8,11H2,1H3,(H,18,19)(H,20,23)/t13-/m1/s1. The van der Waals surface area contributed by atoms with Crippen LogP contribution in [-0.4, -0.2) is 47.1 Å². The van der Waals surface area contributed by atoms with Gasteiger partial charge in [-0.1, -0.05) is 18.2 Å². The Hall–Kier alpha value is -2.83. The van der Waals surface area contributed by atoms with Gasteiger partial charge in [0, 0.05) is 25.7 Å². The highest BCUT2D eigenvalue weighted by atomic mass is 16.5. The maximum atomic E-state index is 12.2. The lowest BCUT2D eigenvalue weighted by molar-refractivity contribution is -0.128. The topological polar surface area (TPSA) is 87.3 Å². The van der Waals surface area contributed by atoms with Crippen molar-refractivity contribution in [1.29, 1.82) is 0 Å². The Morgan fingerprint density at radius 3 is 3.04 bits per heavy atom. The molecule has 0 spiro atoms. The van der Waals surface area contributed by atoms with Gasteiger partial charge in [-0.25, -0.2) is 0 Å². The van der Waals surface area contributed by atoms with Gasteiger partial charge >= 0.3 is 0 Å². The highest BCUT2D eigenvalue weighted by molar-refractivity contribution is 5.97. The average Bonchev–Trinajstić information content (AvgIpc) is 3.23. The second-order valence-electron chi connectivity index (χ2n) is 5.78. The van der Waals surface area contributed by atoms with Gasteiger partial charge in [-0.3, -0.25) is 14.7 Å². The summed E-state index contributed by atoms with van der Waals surface area (Å²) in [7, 11) is 1.63. The molecule has 2 N–H and O–H groups in total. The van der Waals surface area contributed by atoms with Gasteiger partial charge in [-0.2, -0.15) is 5.10 Å². The number of amides is 2. The zero-order valence-electron chi connectivity index (χ0n) is 13.5. The molecule has 2 heterocycles. The van der Waals surface area contributed by atoms with E-state index >= 15 is 0 Å². The number of ether oxygens (including phenoxy) is 1. The predicted molar refractivity (Wildman–Crippen MR) is 88.6 cm³/mol. The van der Waals surface area contributed by atoms with E-state index in [-0.39, 0.29) is 24.2 Å². The number of carbonyl (C=O) groups excluding carboxylic acids is 2. The normalized spacial score (nSPS) is 17.1. The number of nitrogens with zero attached hydrogens (tertiary/aromatic N) is 2. The van der Waals surface area contributed by atoms with Crippen LogP contribution in [-0.2, 0) is 16.0 Å². The van der Waals surface area contributed by atoms with Crippen molar-refractivity contribution in [2.75, 3.05) is 25.5 Å². The first kappa shape index (κ1) is 16.0. The van der Waals surface area contributed by atoms with E-state index in [4.69, 9.17) is 4.74 Å². The third-order valence-corrected chi connectivity index (χ3v) is 4.19. The largest absolute Gasteiger partial charge is 0.496 e. The van der Waals surface area contributed by atoms with E-state index in [2.05, 4.69) is 15.5 Å². The molecule has 1 atom stereocenters. The fraction of sp³-hybridized carbons (Fsp3) is 0.353. The van der Waals surface area contributed by atoms with Gasteiger partial charge in [0.2, 0.25) is 11.8 Å². The lowest BCUT2D eigenvalue weighted by Gasteiger charge is -2.17. The Kier molecular flexibility index (Phi) is 4.79. The van der Waals surface area contributed by atoms with Crippen molar-refractivity contribution in [2.24, 2.45) is 5.92 Å². The van der Waals surface area contributed by atoms with Gasteiger partial charge in [-0.15, -0.1) is 0 Å². The predicted octanol–water partition coefficient (Wildman–Crippen LogP) is 1.45. The zero-order valence-corrected chi connectivity index (χ0v) is 13.5. The number of aromatic amines is 1. The molecule has 24 heavy (non-hydrogen) atoms. The summed E-state index contributed by atoms with van der Waals surface area (Å²) < 4.78 is 5.33. The Morgan fingerprint density at radius 2 is 2.29 bits per heavy atom. The van der Waals surface area contributed by atoms with E-state index in [1.54, 1.807) is 18.2 Å². The van der Waals surface area contributed by atoms with Gasteiger partial charge in [-0.05, 0) is 18.1 Å². The van der Waals surface area contributed by atoms with Crippen LogP contribution in [0.2, 0.25) is 0 Å². The number of carbonyl (C=O) groups is 2. The molecule has 0 radical (unpaired) electrons. The molecule has 0 bridgehead atoms. The highest BCUT2D eigenvalue weighted by Crippen LogP contribution is 2.22. The summed E-state index contributed by atoms with van der Waals surface area (Å²) in [6.07, 6.45) is 4.09. The van der Waals surface area contributed by atoms with Gasteiger partial charge in [0.05, 0.1) is 24.9 Å². The number of para-hydroxylation sites is 1. The fourth-order valence-corrected chi connectivity index (χ4v) is 2.89. The van der Waals surface area contributed by atoms with Crippen molar-refractivity contribution in [3.05, 3.63) is 42.2 Å². The molecule has 2 aromatic rings. The van der Waals surface area contributed by atoms with Crippen molar-refractivity contribution in [2.45, 2.75) is 12.8 Å². The van der Waals surface area contributed by atoms with Crippen LogP contribution >= 0.6 is 0 Å². The van der Waals surface area contributed by atoms with E-state index in [1.807, 2.05) is 24.3 Å². The third kappa shape index (κ3) is 3.56. The molecule has 1 saturated heterocycles. The van der Waals surface area contributed by atoms with E-state index in [0.717, 1.165) is 11.3 Å². The molecule has 1 aromatic carbocycles. The average molecular weight is 328 g/mol. The maximum Gasteiger partial charge on any atom is 0.229 e. The van der Waals surface area contributed by atoms with Crippen LogP contribution in [0.25, 0.3) is 0 Å². The van der Waals surface area contributed by atoms with Crippen LogP contribution in [0.15, 0.2) is 36.7 Å². The van der Waals surface area contributed by atoms with Crippen molar-refractivity contribution >= 4 is 17.5 Å². The van der Waals surface area contributed by atoms with Crippen molar-refractivity contribution in [1.82, 2.24) is 15.1 Å². The second-order valence-corrected chi connectivity index (χ2v) is 5.78. The molecule has 2 amide bonds. The molecule has 0 unspecified atom stereocenters. The summed E-state index contributed by atoms with van der Waals surface area (Å²) in [5.74, 6) is 0.352. The summed E-state index contributed by atoms with van der Waals surface area (Å²) in [6, 6.07) is 7.76. The number of anilines is 1. The van der Waals surface area contributed by atoms with E-state index in [1.165, 1.54) is 6.20 Å². The molecule has 1 fully saturated rings. The van der Waals surface area contributed by atoms with Gasteiger partial charge in [0.1, 0.15) is 5.75 Å². The third-order valence-electron chi connectivity index (χ3n) is 4.19. The monoisotopic (exact) mass is 328 g/mol. The Morgan fingerprint density at radius 1 is 1.46 bits per heavy atom. The molecule has 0 aliphatic carbocycles. The summed E-state index contributed by atoms with van der Waals surface area (Å²) >= 11 is 0. The quantitative estimate of drug-likeness (QED) is 0.840. The molecule has 126 valence electrons. The number of hydrogen-bond acceptors (Lipinski definition) is 4. The second kappa shape index (κ2) is 7.16. The molecule has 3 rings (SSSR count). The molecular formula is C17H20N4O3. The number of hydrogen-bond donors (Lipinski definition) is 2. The fourth-order valence-electron chi connectivity index (χ4n) is 2.89. The summed E-state index contributed by atoms with van der Waals surface area (Å²) in [5.41, 5.74) is 1.67. The Balaban J connectivity index is 1.56. The number of methoxy groups -OCH3 is 1. The number of H-pyrrole nitrogens is 1. The zero-order chi connectivity index (χ0) is 16.9. The lowest BCUT2D eigenvalue weighted by Crippen LogP contribution is -2.30. The smallest absolute Gasteiger partial charge is 0.229 e. The van der Waals surface area contributed by atoms with Gasteiger partial charge in [0.15, 0.2) is 0 Å².